The maximum absolute atomic E-state index is 13.3. The van der Waals surface area contributed by atoms with Gasteiger partial charge in [-0.15, -0.1) is 6.58 Å². The SMILES string of the molecule is C=CCc1cc(C(=O)NC(c2ccc(C)cc2)c2ccc(C)cc2)c(=O)[nH]c1C(F)(F)F. The molecule has 3 aromatic rings. The molecular formula is C25H23F3N2O2. The van der Waals surface area contributed by atoms with Gasteiger partial charge < -0.3 is 10.3 Å². The quantitative estimate of drug-likeness (QED) is 0.514. The second-order valence-corrected chi connectivity index (χ2v) is 7.63. The van der Waals surface area contributed by atoms with Crippen LogP contribution in [-0.2, 0) is 12.6 Å². The van der Waals surface area contributed by atoms with Crippen molar-refractivity contribution in [3.05, 3.63) is 117 Å². The average Bonchev–Trinajstić information content (AvgIpc) is 2.74. The van der Waals surface area contributed by atoms with E-state index >= 15 is 0 Å². The lowest BCUT2D eigenvalue weighted by atomic mass is 9.96. The summed E-state index contributed by atoms with van der Waals surface area (Å²) in [6.07, 6.45) is -3.61. The van der Waals surface area contributed by atoms with Gasteiger partial charge in [0.1, 0.15) is 11.3 Å². The summed E-state index contributed by atoms with van der Waals surface area (Å²) in [5.74, 6) is -0.767. The van der Waals surface area contributed by atoms with E-state index in [2.05, 4.69) is 11.9 Å². The molecule has 0 radical (unpaired) electrons. The fourth-order valence-corrected chi connectivity index (χ4v) is 3.40. The number of aryl methyl sites for hydroxylation is 2. The molecule has 2 N–H and O–H groups in total. The molecule has 0 spiro atoms. The first-order valence-corrected chi connectivity index (χ1v) is 9.98. The van der Waals surface area contributed by atoms with Crippen LogP contribution < -0.4 is 10.9 Å². The highest BCUT2D eigenvalue weighted by molar-refractivity contribution is 5.94. The van der Waals surface area contributed by atoms with Gasteiger partial charge in [-0.05, 0) is 43.0 Å². The molecule has 32 heavy (non-hydrogen) atoms. The topological polar surface area (TPSA) is 62.0 Å². The molecule has 0 atom stereocenters. The highest BCUT2D eigenvalue weighted by atomic mass is 19.4. The van der Waals surface area contributed by atoms with E-state index in [-0.39, 0.29) is 17.5 Å². The molecule has 1 aromatic heterocycles. The Morgan fingerprint density at radius 2 is 1.53 bits per heavy atom. The zero-order chi connectivity index (χ0) is 23.5. The monoisotopic (exact) mass is 440 g/mol. The van der Waals surface area contributed by atoms with Crippen LogP contribution in [0.3, 0.4) is 0 Å². The number of rotatable bonds is 6. The van der Waals surface area contributed by atoms with Gasteiger partial charge in [0.15, 0.2) is 0 Å². The summed E-state index contributed by atoms with van der Waals surface area (Å²) in [6.45, 7) is 7.33. The van der Waals surface area contributed by atoms with Crippen molar-refractivity contribution in [2.24, 2.45) is 0 Å². The van der Waals surface area contributed by atoms with E-state index in [1.807, 2.05) is 67.4 Å². The van der Waals surface area contributed by atoms with Crippen molar-refractivity contribution in [1.29, 1.82) is 0 Å². The summed E-state index contributed by atoms with van der Waals surface area (Å²) >= 11 is 0. The van der Waals surface area contributed by atoms with Crippen molar-refractivity contribution in [3.63, 3.8) is 0 Å². The van der Waals surface area contributed by atoms with Crippen molar-refractivity contribution in [2.75, 3.05) is 0 Å². The van der Waals surface area contributed by atoms with E-state index in [9.17, 15) is 22.8 Å². The van der Waals surface area contributed by atoms with Gasteiger partial charge in [0.2, 0.25) is 0 Å². The molecule has 0 saturated carbocycles. The number of halogens is 3. The Kier molecular flexibility index (Phi) is 6.67. The molecule has 4 nitrogen and oxygen atoms in total. The van der Waals surface area contributed by atoms with Crippen molar-refractivity contribution >= 4 is 5.91 Å². The highest BCUT2D eigenvalue weighted by Gasteiger charge is 2.35. The third-order valence-electron chi connectivity index (χ3n) is 5.11. The fraction of sp³-hybridized carbons (Fsp3) is 0.200. The average molecular weight is 440 g/mol. The second-order valence-electron chi connectivity index (χ2n) is 7.63. The normalized spacial score (nSPS) is 11.4. The number of nitrogens with one attached hydrogen (secondary N) is 2. The van der Waals surface area contributed by atoms with E-state index in [1.54, 1.807) is 0 Å². The minimum atomic E-state index is -4.75. The standard InChI is InChI=1S/C25H23F3N2O2/c1-4-5-19-14-20(24(32)30-22(19)25(26,27)28)23(31)29-21(17-10-6-15(2)7-11-17)18-12-8-16(3)9-13-18/h4,6-14,21H,1,5H2,2-3H3,(H,29,31)(H,30,32). The number of aromatic amines is 1. The van der Waals surface area contributed by atoms with Crippen LogP contribution in [-0.4, -0.2) is 10.9 Å². The van der Waals surface area contributed by atoms with Crippen LogP contribution in [0, 0.1) is 13.8 Å². The molecule has 0 aliphatic carbocycles. The van der Waals surface area contributed by atoms with Gasteiger partial charge in [0.25, 0.3) is 11.5 Å². The maximum atomic E-state index is 13.3. The first kappa shape index (κ1) is 23.1. The Morgan fingerprint density at radius 1 is 1.03 bits per heavy atom. The first-order chi connectivity index (χ1) is 15.1. The molecule has 0 saturated heterocycles. The molecule has 7 heteroatoms. The van der Waals surface area contributed by atoms with Crippen molar-refractivity contribution in [1.82, 2.24) is 10.3 Å². The van der Waals surface area contributed by atoms with Gasteiger partial charge in [0, 0.05) is 0 Å². The molecule has 1 heterocycles. The van der Waals surface area contributed by atoms with Gasteiger partial charge in [-0.3, -0.25) is 9.59 Å². The summed E-state index contributed by atoms with van der Waals surface area (Å²) in [7, 11) is 0. The number of H-pyrrole nitrogens is 1. The molecule has 3 rings (SSSR count). The smallest absolute Gasteiger partial charge is 0.341 e. The molecule has 166 valence electrons. The number of amides is 1. The Bertz CT molecular complexity index is 1130. The predicted octanol–water partition coefficient (Wildman–Crippen LogP) is 5.26. The van der Waals surface area contributed by atoms with Crippen LogP contribution in [0.25, 0.3) is 0 Å². The lowest BCUT2D eigenvalue weighted by Gasteiger charge is -2.21. The zero-order valence-corrected chi connectivity index (χ0v) is 17.7. The molecule has 2 aromatic carbocycles. The molecule has 1 amide bonds. The summed E-state index contributed by atoms with van der Waals surface area (Å²) in [6, 6.07) is 15.4. The lowest BCUT2D eigenvalue weighted by molar-refractivity contribution is -0.141. The molecule has 0 fully saturated rings. The number of carbonyl (C=O) groups is 1. The van der Waals surface area contributed by atoms with E-state index < -0.39 is 29.4 Å². The Balaban J connectivity index is 2.03. The lowest BCUT2D eigenvalue weighted by Crippen LogP contribution is -2.34. The number of alkyl halides is 3. The Hall–Kier alpha value is -3.61. The second kappa shape index (κ2) is 9.26. The third kappa shape index (κ3) is 5.17. The van der Waals surface area contributed by atoms with Gasteiger partial charge in [-0.1, -0.05) is 65.7 Å². The first-order valence-electron chi connectivity index (χ1n) is 9.98. The van der Waals surface area contributed by atoms with Gasteiger partial charge in [0.05, 0.1) is 6.04 Å². The Labute approximate surface area is 183 Å². The van der Waals surface area contributed by atoms with Gasteiger partial charge in [-0.25, -0.2) is 0 Å². The van der Waals surface area contributed by atoms with Gasteiger partial charge in [-0.2, -0.15) is 13.2 Å². The van der Waals surface area contributed by atoms with Crippen molar-refractivity contribution in [2.45, 2.75) is 32.5 Å². The summed E-state index contributed by atoms with van der Waals surface area (Å²) in [4.78, 5) is 27.3. The van der Waals surface area contributed by atoms with Crippen LogP contribution >= 0.6 is 0 Å². The van der Waals surface area contributed by atoms with Crippen LogP contribution in [0.2, 0.25) is 0 Å². The summed E-state index contributed by atoms with van der Waals surface area (Å²) in [5.41, 5.74) is 0.747. The largest absolute Gasteiger partial charge is 0.431 e. The zero-order valence-electron chi connectivity index (χ0n) is 17.7. The third-order valence-corrected chi connectivity index (χ3v) is 5.11. The summed E-state index contributed by atoms with van der Waals surface area (Å²) in [5, 5.41) is 2.81. The number of carbonyl (C=O) groups excluding carboxylic acids is 1. The van der Waals surface area contributed by atoms with Crippen LogP contribution in [0.4, 0.5) is 13.2 Å². The van der Waals surface area contributed by atoms with E-state index in [1.165, 1.54) is 6.08 Å². The predicted molar refractivity (Wildman–Crippen MR) is 118 cm³/mol. The molecular weight excluding hydrogens is 417 g/mol. The summed E-state index contributed by atoms with van der Waals surface area (Å²) < 4.78 is 39.9. The number of benzene rings is 2. The number of hydrogen-bond donors (Lipinski definition) is 2. The minimum Gasteiger partial charge on any atom is -0.341 e. The highest BCUT2D eigenvalue weighted by Crippen LogP contribution is 2.30. The van der Waals surface area contributed by atoms with E-state index in [4.69, 9.17) is 0 Å². The Morgan fingerprint density at radius 3 is 1.97 bits per heavy atom. The maximum Gasteiger partial charge on any atom is 0.431 e. The van der Waals surface area contributed by atoms with Gasteiger partial charge >= 0.3 is 6.18 Å². The molecule has 0 aliphatic heterocycles. The van der Waals surface area contributed by atoms with Crippen molar-refractivity contribution < 1.29 is 18.0 Å². The molecule has 0 bridgehead atoms. The molecule has 0 unspecified atom stereocenters. The van der Waals surface area contributed by atoms with E-state index in [0.717, 1.165) is 28.3 Å². The number of hydrogen-bond acceptors (Lipinski definition) is 2. The van der Waals surface area contributed by atoms with E-state index in [0.29, 0.717) is 0 Å². The molecule has 0 aliphatic rings. The van der Waals surface area contributed by atoms with Crippen molar-refractivity contribution in [3.8, 4) is 0 Å². The number of allylic oxidation sites excluding steroid dienone is 1. The van der Waals surface area contributed by atoms with Crippen LogP contribution in [0.15, 0.2) is 72.0 Å². The van der Waals surface area contributed by atoms with Crippen LogP contribution in [0.1, 0.15) is 49.9 Å². The van der Waals surface area contributed by atoms with Crippen LogP contribution in [0.5, 0.6) is 0 Å². The fourth-order valence-electron chi connectivity index (χ4n) is 3.40. The number of aromatic nitrogens is 1. The number of pyridine rings is 1. The minimum absolute atomic E-state index is 0.148.